The van der Waals surface area contributed by atoms with E-state index in [4.69, 9.17) is 4.74 Å². The second kappa shape index (κ2) is 7.09. The molecular weight excluding hydrogens is 314 g/mol. The minimum atomic E-state index is -4.23. The standard InChI is InChI=1S/C17H27NO4S/c1-12(2)10-18-9-5-6-14-16(23(19,20)21)8-7-15(17(14)18)22-11-13(3)4/h7-8,12-13H,5-6,9-11H2,1-4H3,(H,19,20,21). The molecule has 0 saturated heterocycles. The van der Waals surface area contributed by atoms with Crippen LogP contribution in [-0.2, 0) is 16.5 Å². The second-order valence-electron chi connectivity index (χ2n) is 7.01. The average molecular weight is 341 g/mol. The van der Waals surface area contributed by atoms with E-state index in [0.717, 1.165) is 25.2 Å². The van der Waals surface area contributed by atoms with Gasteiger partial charge < -0.3 is 9.64 Å². The van der Waals surface area contributed by atoms with Gasteiger partial charge in [-0.05, 0) is 36.8 Å². The van der Waals surface area contributed by atoms with Crippen molar-refractivity contribution >= 4 is 15.8 Å². The van der Waals surface area contributed by atoms with Gasteiger partial charge in [0.15, 0.2) is 0 Å². The topological polar surface area (TPSA) is 66.8 Å². The number of anilines is 1. The van der Waals surface area contributed by atoms with Crippen LogP contribution in [0.3, 0.4) is 0 Å². The molecule has 0 aliphatic carbocycles. The molecule has 130 valence electrons. The third-order valence-electron chi connectivity index (χ3n) is 3.81. The summed E-state index contributed by atoms with van der Waals surface area (Å²) in [7, 11) is -4.23. The Labute approximate surface area is 139 Å². The molecule has 1 aromatic rings. The number of fused-ring (bicyclic) bond motifs is 1. The summed E-state index contributed by atoms with van der Waals surface area (Å²) in [6.07, 6.45) is 1.51. The van der Waals surface area contributed by atoms with Crippen LogP contribution < -0.4 is 9.64 Å². The van der Waals surface area contributed by atoms with E-state index in [1.165, 1.54) is 6.07 Å². The SMILES string of the molecule is CC(C)COc1ccc(S(=O)(=O)O)c2c1N(CC(C)C)CCC2. The molecule has 1 aromatic carbocycles. The molecule has 1 aliphatic heterocycles. The van der Waals surface area contributed by atoms with Crippen molar-refractivity contribution in [3.63, 3.8) is 0 Å². The monoisotopic (exact) mass is 341 g/mol. The van der Waals surface area contributed by atoms with Crippen LogP contribution in [-0.4, -0.2) is 32.7 Å². The van der Waals surface area contributed by atoms with Crippen LogP contribution >= 0.6 is 0 Å². The third kappa shape index (κ3) is 4.38. The predicted octanol–water partition coefficient (Wildman–Crippen LogP) is 3.38. The highest BCUT2D eigenvalue weighted by atomic mass is 32.2. The Hall–Kier alpha value is -1.27. The van der Waals surface area contributed by atoms with E-state index in [0.29, 0.717) is 36.2 Å². The van der Waals surface area contributed by atoms with Crippen LogP contribution in [0.4, 0.5) is 5.69 Å². The van der Waals surface area contributed by atoms with Crippen molar-refractivity contribution < 1.29 is 17.7 Å². The van der Waals surface area contributed by atoms with E-state index >= 15 is 0 Å². The molecule has 0 saturated carbocycles. The first kappa shape index (κ1) is 18.1. The van der Waals surface area contributed by atoms with Crippen LogP contribution in [0.1, 0.15) is 39.7 Å². The van der Waals surface area contributed by atoms with Gasteiger partial charge in [0.2, 0.25) is 0 Å². The van der Waals surface area contributed by atoms with Crippen LogP contribution in [0, 0.1) is 11.8 Å². The largest absolute Gasteiger partial charge is 0.491 e. The minimum Gasteiger partial charge on any atom is -0.491 e. The normalized spacial score (nSPS) is 15.2. The van der Waals surface area contributed by atoms with Gasteiger partial charge in [0.25, 0.3) is 10.1 Å². The van der Waals surface area contributed by atoms with Gasteiger partial charge in [0, 0.05) is 18.7 Å². The summed E-state index contributed by atoms with van der Waals surface area (Å²) in [6, 6.07) is 3.13. The molecule has 0 radical (unpaired) electrons. The first-order chi connectivity index (χ1) is 10.7. The van der Waals surface area contributed by atoms with Crippen molar-refractivity contribution in [2.45, 2.75) is 45.4 Å². The summed E-state index contributed by atoms with van der Waals surface area (Å²) < 4.78 is 38.9. The average Bonchev–Trinajstić information content (AvgIpc) is 2.42. The lowest BCUT2D eigenvalue weighted by Crippen LogP contribution is -2.34. The highest BCUT2D eigenvalue weighted by Crippen LogP contribution is 2.40. The fraction of sp³-hybridized carbons (Fsp3) is 0.647. The fourth-order valence-electron chi connectivity index (χ4n) is 2.98. The molecule has 6 heteroatoms. The van der Waals surface area contributed by atoms with Crippen molar-refractivity contribution in [1.82, 2.24) is 0 Å². The third-order valence-corrected chi connectivity index (χ3v) is 4.75. The Kier molecular flexibility index (Phi) is 5.57. The molecule has 0 fully saturated rings. The molecule has 2 rings (SSSR count). The maximum atomic E-state index is 11.7. The number of hydrogen-bond donors (Lipinski definition) is 1. The molecule has 0 bridgehead atoms. The molecule has 1 heterocycles. The summed E-state index contributed by atoms with van der Waals surface area (Å²) in [5, 5.41) is 0. The molecule has 1 aliphatic rings. The zero-order valence-corrected chi connectivity index (χ0v) is 15.2. The first-order valence-electron chi connectivity index (χ1n) is 8.21. The van der Waals surface area contributed by atoms with Gasteiger partial charge in [-0.3, -0.25) is 4.55 Å². The first-order valence-corrected chi connectivity index (χ1v) is 9.65. The fourth-order valence-corrected chi connectivity index (χ4v) is 3.73. The molecule has 0 unspecified atom stereocenters. The highest BCUT2D eigenvalue weighted by molar-refractivity contribution is 7.85. The van der Waals surface area contributed by atoms with E-state index in [1.54, 1.807) is 6.07 Å². The van der Waals surface area contributed by atoms with E-state index in [-0.39, 0.29) is 4.90 Å². The van der Waals surface area contributed by atoms with E-state index in [1.807, 2.05) is 0 Å². The molecule has 0 spiro atoms. The Morgan fingerprint density at radius 1 is 1.22 bits per heavy atom. The summed E-state index contributed by atoms with van der Waals surface area (Å²) in [4.78, 5) is 2.20. The smallest absolute Gasteiger partial charge is 0.294 e. The van der Waals surface area contributed by atoms with Gasteiger partial charge in [-0.2, -0.15) is 8.42 Å². The van der Waals surface area contributed by atoms with Crippen molar-refractivity contribution in [3.8, 4) is 5.75 Å². The zero-order valence-electron chi connectivity index (χ0n) is 14.4. The highest BCUT2D eigenvalue weighted by Gasteiger charge is 2.28. The van der Waals surface area contributed by atoms with Gasteiger partial charge in [0.05, 0.1) is 17.2 Å². The maximum absolute atomic E-state index is 11.7. The molecular formula is C17H27NO4S. The van der Waals surface area contributed by atoms with Crippen LogP contribution in [0.25, 0.3) is 0 Å². The molecule has 5 nitrogen and oxygen atoms in total. The Balaban J connectivity index is 2.53. The maximum Gasteiger partial charge on any atom is 0.294 e. The minimum absolute atomic E-state index is 0.0119. The van der Waals surface area contributed by atoms with Gasteiger partial charge in [-0.25, -0.2) is 0 Å². The van der Waals surface area contributed by atoms with E-state index < -0.39 is 10.1 Å². The molecule has 23 heavy (non-hydrogen) atoms. The molecule has 0 aromatic heterocycles. The van der Waals surface area contributed by atoms with Crippen molar-refractivity contribution in [1.29, 1.82) is 0 Å². The predicted molar refractivity (Wildman–Crippen MR) is 92.0 cm³/mol. The van der Waals surface area contributed by atoms with Crippen molar-refractivity contribution in [2.24, 2.45) is 11.8 Å². The lowest BCUT2D eigenvalue weighted by Gasteiger charge is -2.35. The van der Waals surface area contributed by atoms with E-state index in [9.17, 15) is 13.0 Å². The number of nitrogens with zero attached hydrogens (tertiary/aromatic N) is 1. The number of rotatable bonds is 6. The second-order valence-corrected chi connectivity index (χ2v) is 8.40. The quantitative estimate of drug-likeness (QED) is 0.804. The van der Waals surface area contributed by atoms with Crippen LogP contribution in [0.5, 0.6) is 5.75 Å². The Morgan fingerprint density at radius 2 is 1.91 bits per heavy atom. The number of benzene rings is 1. The lowest BCUT2D eigenvalue weighted by atomic mass is 9.99. The summed E-state index contributed by atoms with van der Waals surface area (Å²) in [6.45, 7) is 10.7. The number of ether oxygens (including phenoxy) is 1. The van der Waals surface area contributed by atoms with Crippen LogP contribution in [0.2, 0.25) is 0 Å². The van der Waals surface area contributed by atoms with Gasteiger partial charge in [-0.15, -0.1) is 0 Å². The van der Waals surface area contributed by atoms with Crippen molar-refractivity contribution in [2.75, 3.05) is 24.6 Å². The molecule has 0 atom stereocenters. The zero-order chi connectivity index (χ0) is 17.2. The van der Waals surface area contributed by atoms with Gasteiger partial charge in [0.1, 0.15) is 5.75 Å². The van der Waals surface area contributed by atoms with Crippen LogP contribution in [0.15, 0.2) is 17.0 Å². The van der Waals surface area contributed by atoms with E-state index in [2.05, 4.69) is 32.6 Å². The molecule has 0 amide bonds. The Morgan fingerprint density at radius 3 is 2.48 bits per heavy atom. The van der Waals surface area contributed by atoms with Gasteiger partial charge in [-0.1, -0.05) is 27.7 Å². The number of hydrogen-bond acceptors (Lipinski definition) is 4. The van der Waals surface area contributed by atoms with Crippen molar-refractivity contribution in [3.05, 3.63) is 17.7 Å². The lowest BCUT2D eigenvalue weighted by molar-refractivity contribution is 0.270. The summed E-state index contributed by atoms with van der Waals surface area (Å²) >= 11 is 0. The molecule has 1 N–H and O–H groups in total. The summed E-state index contributed by atoms with van der Waals surface area (Å²) in [5.41, 5.74) is 1.52. The summed E-state index contributed by atoms with van der Waals surface area (Å²) in [5.74, 6) is 1.55. The van der Waals surface area contributed by atoms with Gasteiger partial charge >= 0.3 is 0 Å². The Bertz CT molecular complexity index is 653.